The van der Waals surface area contributed by atoms with E-state index in [0.717, 1.165) is 5.56 Å². The minimum absolute atomic E-state index is 0.137. The Labute approximate surface area is 173 Å². The van der Waals surface area contributed by atoms with Crippen LogP contribution in [0.3, 0.4) is 0 Å². The predicted octanol–water partition coefficient (Wildman–Crippen LogP) is 4.98. The van der Waals surface area contributed by atoms with Crippen LogP contribution in [-0.4, -0.2) is 16.1 Å². The normalized spacial score (nSPS) is 12.9. The minimum Gasteiger partial charge on any atom is -0.508 e. The molecule has 4 nitrogen and oxygen atoms in total. The SMILES string of the molecule is O=C(Nc1ccc(F)cc1)[C@@H](CC[C@H](O)c1ccc(F)cc1)Cc1ccc(O)cc1. The monoisotopic (exact) mass is 411 g/mol. The molecule has 0 bridgehead atoms. The summed E-state index contributed by atoms with van der Waals surface area (Å²) in [5, 5.41) is 22.7. The average molecular weight is 411 g/mol. The van der Waals surface area contributed by atoms with Crippen molar-refractivity contribution in [2.24, 2.45) is 5.92 Å². The van der Waals surface area contributed by atoms with E-state index in [0.29, 0.717) is 30.5 Å². The van der Waals surface area contributed by atoms with E-state index in [4.69, 9.17) is 0 Å². The second-order valence-corrected chi connectivity index (χ2v) is 7.21. The highest BCUT2D eigenvalue weighted by Crippen LogP contribution is 2.25. The third kappa shape index (κ3) is 6.12. The van der Waals surface area contributed by atoms with E-state index < -0.39 is 17.8 Å². The summed E-state index contributed by atoms with van der Waals surface area (Å²) in [6, 6.07) is 17.7. The number of carbonyl (C=O) groups excluding carboxylic acids is 1. The van der Waals surface area contributed by atoms with E-state index in [1.165, 1.54) is 48.5 Å². The number of hydrogen-bond acceptors (Lipinski definition) is 3. The molecule has 1 amide bonds. The van der Waals surface area contributed by atoms with E-state index in [2.05, 4.69) is 5.32 Å². The Morgan fingerprint density at radius 1 is 0.833 bits per heavy atom. The first kappa shape index (κ1) is 21.5. The first-order valence-corrected chi connectivity index (χ1v) is 9.68. The van der Waals surface area contributed by atoms with Crippen molar-refractivity contribution in [3.8, 4) is 5.75 Å². The molecule has 3 rings (SSSR count). The van der Waals surface area contributed by atoms with Crippen LogP contribution >= 0.6 is 0 Å². The zero-order valence-electron chi connectivity index (χ0n) is 16.3. The van der Waals surface area contributed by atoms with E-state index in [9.17, 15) is 23.8 Å². The Morgan fingerprint density at radius 2 is 1.40 bits per heavy atom. The standard InChI is InChI=1S/C24H23F2NO3/c25-19-6-3-17(4-7-19)23(29)14-5-18(15-16-1-12-22(28)13-2-16)24(30)27-21-10-8-20(26)9-11-21/h1-4,6-13,18,23,28-29H,5,14-15H2,(H,27,30)/t18-,23-/m0/s1. The lowest BCUT2D eigenvalue weighted by molar-refractivity contribution is -0.120. The number of amides is 1. The number of phenolic OH excluding ortho intramolecular Hbond substituents is 1. The van der Waals surface area contributed by atoms with Crippen LogP contribution in [0.25, 0.3) is 0 Å². The molecule has 156 valence electrons. The number of hydrogen-bond donors (Lipinski definition) is 3. The molecule has 0 aliphatic carbocycles. The summed E-state index contributed by atoms with van der Waals surface area (Å²) in [5.41, 5.74) is 1.93. The summed E-state index contributed by atoms with van der Waals surface area (Å²) in [6.45, 7) is 0. The van der Waals surface area contributed by atoms with Gasteiger partial charge in [-0.25, -0.2) is 8.78 Å². The summed E-state index contributed by atoms with van der Waals surface area (Å²) in [7, 11) is 0. The lowest BCUT2D eigenvalue weighted by Gasteiger charge is -2.19. The zero-order valence-corrected chi connectivity index (χ0v) is 16.3. The van der Waals surface area contributed by atoms with Crippen molar-refractivity contribution in [3.63, 3.8) is 0 Å². The van der Waals surface area contributed by atoms with Gasteiger partial charge in [0.15, 0.2) is 0 Å². The first-order chi connectivity index (χ1) is 14.4. The number of rotatable bonds is 8. The Kier molecular flexibility index (Phi) is 7.14. The molecule has 0 spiro atoms. The van der Waals surface area contributed by atoms with Gasteiger partial charge in [0.05, 0.1) is 6.10 Å². The van der Waals surface area contributed by atoms with Gasteiger partial charge in [-0.1, -0.05) is 24.3 Å². The molecule has 0 radical (unpaired) electrons. The highest BCUT2D eigenvalue weighted by atomic mass is 19.1. The Hall–Kier alpha value is -3.25. The molecular formula is C24H23F2NO3. The fourth-order valence-corrected chi connectivity index (χ4v) is 3.23. The van der Waals surface area contributed by atoms with Crippen LogP contribution in [0.1, 0.15) is 30.1 Å². The molecule has 0 unspecified atom stereocenters. The fourth-order valence-electron chi connectivity index (χ4n) is 3.23. The third-order valence-corrected chi connectivity index (χ3v) is 4.94. The molecule has 6 heteroatoms. The van der Waals surface area contributed by atoms with Gasteiger partial charge in [-0.2, -0.15) is 0 Å². The van der Waals surface area contributed by atoms with Crippen molar-refractivity contribution >= 4 is 11.6 Å². The van der Waals surface area contributed by atoms with Gasteiger partial charge in [-0.3, -0.25) is 4.79 Å². The van der Waals surface area contributed by atoms with Gasteiger partial charge < -0.3 is 15.5 Å². The molecule has 3 aromatic carbocycles. The molecule has 0 saturated carbocycles. The van der Waals surface area contributed by atoms with Crippen molar-refractivity contribution in [2.75, 3.05) is 5.32 Å². The van der Waals surface area contributed by atoms with Crippen molar-refractivity contribution < 1.29 is 23.8 Å². The first-order valence-electron chi connectivity index (χ1n) is 9.68. The number of benzene rings is 3. The Morgan fingerprint density at radius 3 is 2.00 bits per heavy atom. The number of anilines is 1. The molecule has 0 heterocycles. The molecule has 2 atom stereocenters. The molecular weight excluding hydrogens is 388 g/mol. The smallest absolute Gasteiger partial charge is 0.227 e. The zero-order chi connectivity index (χ0) is 21.5. The molecule has 3 N–H and O–H groups in total. The quantitative estimate of drug-likeness (QED) is 0.490. The minimum atomic E-state index is -0.827. The number of phenols is 1. The lowest BCUT2D eigenvalue weighted by Crippen LogP contribution is -2.25. The second-order valence-electron chi connectivity index (χ2n) is 7.21. The summed E-state index contributed by atoms with van der Waals surface area (Å²) >= 11 is 0. The van der Waals surface area contributed by atoms with Crippen molar-refractivity contribution in [3.05, 3.63) is 95.6 Å². The second kappa shape index (κ2) is 9.98. The summed E-state index contributed by atoms with van der Waals surface area (Å²) in [5.74, 6) is -1.35. The Bertz CT molecular complexity index is 957. The predicted molar refractivity (Wildman–Crippen MR) is 111 cm³/mol. The van der Waals surface area contributed by atoms with E-state index >= 15 is 0 Å². The average Bonchev–Trinajstić information content (AvgIpc) is 2.74. The van der Waals surface area contributed by atoms with Gasteiger partial charge in [0.1, 0.15) is 17.4 Å². The molecule has 30 heavy (non-hydrogen) atoms. The maximum absolute atomic E-state index is 13.1. The van der Waals surface area contributed by atoms with Crippen LogP contribution < -0.4 is 5.32 Å². The number of aliphatic hydroxyl groups excluding tert-OH is 1. The summed E-state index contributed by atoms with van der Waals surface area (Å²) in [6.07, 6.45) is 0.271. The molecule has 0 aromatic heterocycles. The van der Waals surface area contributed by atoms with E-state index in [-0.39, 0.29) is 17.5 Å². The van der Waals surface area contributed by atoms with Gasteiger partial charge in [0, 0.05) is 11.6 Å². The van der Waals surface area contributed by atoms with Crippen molar-refractivity contribution in [1.29, 1.82) is 0 Å². The van der Waals surface area contributed by atoms with Crippen molar-refractivity contribution in [1.82, 2.24) is 0 Å². The van der Waals surface area contributed by atoms with Crippen LogP contribution in [0, 0.1) is 17.6 Å². The van der Waals surface area contributed by atoms with E-state index in [1.807, 2.05) is 0 Å². The van der Waals surface area contributed by atoms with Gasteiger partial charge in [0.25, 0.3) is 0 Å². The van der Waals surface area contributed by atoms with Gasteiger partial charge in [0.2, 0.25) is 5.91 Å². The maximum Gasteiger partial charge on any atom is 0.227 e. The van der Waals surface area contributed by atoms with Crippen LogP contribution in [0.15, 0.2) is 72.8 Å². The van der Waals surface area contributed by atoms with Crippen molar-refractivity contribution in [2.45, 2.75) is 25.4 Å². The van der Waals surface area contributed by atoms with Gasteiger partial charge >= 0.3 is 0 Å². The molecule has 0 aliphatic heterocycles. The van der Waals surface area contributed by atoms with Crippen LogP contribution in [-0.2, 0) is 11.2 Å². The topological polar surface area (TPSA) is 69.6 Å². The number of carbonyl (C=O) groups is 1. The molecule has 0 aliphatic rings. The molecule has 0 saturated heterocycles. The molecule has 3 aromatic rings. The summed E-state index contributed by atoms with van der Waals surface area (Å²) < 4.78 is 26.2. The Balaban J connectivity index is 1.70. The van der Waals surface area contributed by atoms with Crippen LogP contribution in [0.2, 0.25) is 0 Å². The van der Waals surface area contributed by atoms with Gasteiger partial charge in [-0.05, 0) is 78.9 Å². The number of aromatic hydroxyl groups is 1. The summed E-state index contributed by atoms with van der Waals surface area (Å²) in [4.78, 5) is 12.9. The van der Waals surface area contributed by atoms with Gasteiger partial charge in [-0.15, -0.1) is 0 Å². The number of aliphatic hydroxyl groups is 1. The van der Waals surface area contributed by atoms with Crippen LogP contribution in [0.5, 0.6) is 5.75 Å². The van der Waals surface area contributed by atoms with E-state index in [1.54, 1.807) is 24.3 Å². The number of halogens is 2. The third-order valence-electron chi connectivity index (χ3n) is 4.94. The largest absolute Gasteiger partial charge is 0.508 e. The fraction of sp³-hybridized carbons (Fsp3) is 0.208. The van der Waals surface area contributed by atoms with Crippen LogP contribution in [0.4, 0.5) is 14.5 Å². The number of nitrogens with one attached hydrogen (secondary N) is 1. The molecule has 0 fully saturated rings. The highest BCUT2D eigenvalue weighted by Gasteiger charge is 2.21. The lowest BCUT2D eigenvalue weighted by atomic mass is 9.91. The highest BCUT2D eigenvalue weighted by molar-refractivity contribution is 5.92. The maximum atomic E-state index is 13.1.